The number of nitrogens with one attached hydrogen (secondary N) is 1. The fraction of sp³-hybridized carbons (Fsp3) is 0.111. The molecular weight excluding hydrogens is 294 g/mol. The van der Waals surface area contributed by atoms with E-state index in [2.05, 4.69) is 5.32 Å². The van der Waals surface area contributed by atoms with Crippen molar-refractivity contribution in [1.29, 1.82) is 0 Å². The number of carbonyl (C=O) groups is 2. The minimum atomic E-state index is -0.385. The second kappa shape index (κ2) is 5.96. The third-order valence-corrected chi connectivity index (χ3v) is 3.50. The van der Waals surface area contributed by atoms with Gasteiger partial charge in [0.05, 0.1) is 7.11 Å². The van der Waals surface area contributed by atoms with E-state index in [4.69, 9.17) is 9.15 Å². The number of para-hydroxylation sites is 1. The van der Waals surface area contributed by atoms with Crippen LogP contribution in [0.15, 0.2) is 52.9 Å². The number of hydrogen-bond donors (Lipinski definition) is 1. The average Bonchev–Trinajstić information content (AvgIpc) is 3.00. The monoisotopic (exact) mass is 309 g/mol. The van der Waals surface area contributed by atoms with Gasteiger partial charge in [-0.1, -0.05) is 18.2 Å². The van der Waals surface area contributed by atoms with Crippen molar-refractivity contribution < 1.29 is 18.7 Å². The summed E-state index contributed by atoms with van der Waals surface area (Å²) in [5.41, 5.74) is 1.54. The minimum Gasteiger partial charge on any atom is -0.493 e. The zero-order chi connectivity index (χ0) is 16.4. The maximum absolute atomic E-state index is 12.3. The first-order chi connectivity index (χ1) is 11.1. The third-order valence-electron chi connectivity index (χ3n) is 3.50. The van der Waals surface area contributed by atoms with Gasteiger partial charge in [0.15, 0.2) is 22.9 Å². The van der Waals surface area contributed by atoms with Crippen LogP contribution in [0.4, 0.5) is 5.69 Å². The molecule has 5 nitrogen and oxygen atoms in total. The summed E-state index contributed by atoms with van der Waals surface area (Å²) >= 11 is 0. The molecule has 0 bridgehead atoms. The van der Waals surface area contributed by atoms with E-state index < -0.39 is 0 Å². The van der Waals surface area contributed by atoms with Crippen molar-refractivity contribution in [3.8, 4) is 5.75 Å². The van der Waals surface area contributed by atoms with Crippen LogP contribution in [0.2, 0.25) is 0 Å². The summed E-state index contributed by atoms with van der Waals surface area (Å²) in [5, 5.41) is 3.31. The third kappa shape index (κ3) is 2.81. The van der Waals surface area contributed by atoms with Gasteiger partial charge in [-0.15, -0.1) is 0 Å². The molecule has 23 heavy (non-hydrogen) atoms. The van der Waals surface area contributed by atoms with E-state index in [0.717, 1.165) is 0 Å². The zero-order valence-electron chi connectivity index (χ0n) is 12.8. The number of rotatable bonds is 4. The largest absolute Gasteiger partial charge is 0.493 e. The second-order valence-corrected chi connectivity index (χ2v) is 5.05. The predicted octanol–water partition coefficient (Wildman–Crippen LogP) is 3.90. The molecule has 0 atom stereocenters. The fourth-order valence-corrected chi connectivity index (χ4v) is 2.39. The van der Waals surface area contributed by atoms with Crippen LogP contribution in [0, 0.1) is 0 Å². The molecule has 0 fully saturated rings. The molecule has 0 saturated carbocycles. The fourth-order valence-electron chi connectivity index (χ4n) is 2.39. The van der Waals surface area contributed by atoms with Crippen molar-refractivity contribution in [2.45, 2.75) is 6.92 Å². The van der Waals surface area contributed by atoms with Gasteiger partial charge in [0, 0.05) is 16.6 Å². The summed E-state index contributed by atoms with van der Waals surface area (Å²) in [4.78, 5) is 24.1. The summed E-state index contributed by atoms with van der Waals surface area (Å²) in [6, 6.07) is 14.0. The van der Waals surface area contributed by atoms with Crippen LogP contribution in [-0.4, -0.2) is 18.8 Å². The molecule has 1 heterocycles. The molecule has 1 aromatic heterocycles. The van der Waals surface area contributed by atoms with Gasteiger partial charge in [-0.25, -0.2) is 0 Å². The Morgan fingerprint density at radius 1 is 1.09 bits per heavy atom. The Kier molecular flexibility index (Phi) is 3.85. The van der Waals surface area contributed by atoms with E-state index in [1.165, 1.54) is 14.0 Å². The summed E-state index contributed by atoms with van der Waals surface area (Å²) in [5.74, 6) is 0.108. The van der Waals surface area contributed by atoms with Gasteiger partial charge < -0.3 is 14.5 Å². The summed E-state index contributed by atoms with van der Waals surface area (Å²) in [7, 11) is 1.51. The number of fused-ring (bicyclic) bond motifs is 1. The summed E-state index contributed by atoms with van der Waals surface area (Å²) < 4.78 is 10.9. The number of ketones is 1. The van der Waals surface area contributed by atoms with Crippen molar-refractivity contribution in [1.82, 2.24) is 0 Å². The van der Waals surface area contributed by atoms with E-state index >= 15 is 0 Å². The van der Waals surface area contributed by atoms with Crippen LogP contribution in [0.25, 0.3) is 11.0 Å². The smallest absolute Gasteiger partial charge is 0.291 e. The van der Waals surface area contributed by atoms with E-state index in [0.29, 0.717) is 28.0 Å². The van der Waals surface area contributed by atoms with Crippen LogP contribution < -0.4 is 10.1 Å². The van der Waals surface area contributed by atoms with Crippen molar-refractivity contribution in [2.24, 2.45) is 0 Å². The quantitative estimate of drug-likeness (QED) is 0.742. The molecule has 3 aromatic rings. The lowest BCUT2D eigenvalue weighted by Crippen LogP contribution is -2.10. The van der Waals surface area contributed by atoms with Crippen molar-refractivity contribution in [2.75, 3.05) is 12.4 Å². The Bertz CT molecular complexity index is 881. The first kappa shape index (κ1) is 14.8. The first-order valence-electron chi connectivity index (χ1n) is 7.08. The lowest BCUT2D eigenvalue weighted by molar-refractivity contribution is 0.0995. The molecule has 0 spiro atoms. The predicted molar refractivity (Wildman–Crippen MR) is 87.2 cm³/mol. The van der Waals surface area contributed by atoms with E-state index in [9.17, 15) is 9.59 Å². The standard InChI is InChI=1S/C18H15NO4/c1-11(20)13-8-9-15(22-2)17-14(13)10-16(23-17)18(21)19-12-6-4-3-5-7-12/h3-10H,1-2H3,(H,19,21). The molecule has 3 rings (SSSR count). The Morgan fingerprint density at radius 2 is 1.83 bits per heavy atom. The molecule has 116 valence electrons. The number of amides is 1. The molecule has 0 aliphatic rings. The number of furan rings is 1. The Morgan fingerprint density at radius 3 is 2.48 bits per heavy atom. The Labute approximate surface area is 132 Å². The van der Waals surface area contributed by atoms with Gasteiger partial charge in [-0.05, 0) is 37.3 Å². The first-order valence-corrected chi connectivity index (χ1v) is 7.08. The topological polar surface area (TPSA) is 68.5 Å². The number of ether oxygens (including phenoxy) is 1. The highest BCUT2D eigenvalue weighted by atomic mass is 16.5. The minimum absolute atomic E-state index is 0.103. The highest BCUT2D eigenvalue weighted by molar-refractivity contribution is 6.11. The lowest BCUT2D eigenvalue weighted by atomic mass is 10.1. The Hall–Kier alpha value is -3.08. The molecule has 0 unspecified atom stereocenters. The van der Waals surface area contributed by atoms with Gasteiger partial charge in [-0.2, -0.15) is 0 Å². The second-order valence-electron chi connectivity index (χ2n) is 5.05. The summed E-state index contributed by atoms with van der Waals surface area (Å²) in [6.07, 6.45) is 0. The van der Waals surface area contributed by atoms with Gasteiger partial charge in [0.25, 0.3) is 5.91 Å². The maximum atomic E-state index is 12.3. The molecule has 2 aromatic carbocycles. The van der Waals surface area contributed by atoms with Crippen molar-refractivity contribution >= 4 is 28.3 Å². The van der Waals surface area contributed by atoms with Crippen molar-refractivity contribution in [3.05, 3.63) is 59.9 Å². The van der Waals surface area contributed by atoms with E-state index in [1.54, 1.807) is 30.3 Å². The van der Waals surface area contributed by atoms with Crippen molar-refractivity contribution in [3.63, 3.8) is 0 Å². The van der Waals surface area contributed by atoms with Crippen LogP contribution >= 0.6 is 0 Å². The summed E-state index contributed by atoms with van der Waals surface area (Å²) in [6.45, 7) is 1.47. The average molecular weight is 309 g/mol. The van der Waals surface area contributed by atoms with Crippen LogP contribution in [-0.2, 0) is 0 Å². The van der Waals surface area contributed by atoms with Crippen LogP contribution in [0.3, 0.4) is 0 Å². The van der Waals surface area contributed by atoms with Gasteiger partial charge >= 0.3 is 0 Å². The number of benzene rings is 2. The van der Waals surface area contributed by atoms with Gasteiger partial charge in [0.2, 0.25) is 0 Å². The number of hydrogen-bond acceptors (Lipinski definition) is 4. The molecule has 5 heteroatoms. The van der Waals surface area contributed by atoms with E-state index in [1.807, 2.05) is 18.2 Å². The Balaban J connectivity index is 2.03. The SMILES string of the molecule is COc1ccc(C(C)=O)c2cc(C(=O)Nc3ccccc3)oc12. The highest BCUT2D eigenvalue weighted by Crippen LogP contribution is 2.32. The number of methoxy groups -OCH3 is 1. The van der Waals surface area contributed by atoms with Crippen LogP contribution in [0.1, 0.15) is 27.8 Å². The molecular formula is C18H15NO4. The molecule has 1 N–H and O–H groups in total. The zero-order valence-corrected chi connectivity index (χ0v) is 12.8. The normalized spacial score (nSPS) is 10.5. The molecule has 0 aliphatic heterocycles. The molecule has 1 amide bonds. The maximum Gasteiger partial charge on any atom is 0.291 e. The highest BCUT2D eigenvalue weighted by Gasteiger charge is 2.19. The lowest BCUT2D eigenvalue weighted by Gasteiger charge is -2.03. The molecule has 0 radical (unpaired) electrons. The van der Waals surface area contributed by atoms with Gasteiger partial charge in [-0.3, -0.25) is 9.59 Å². The number of anilines is 1. The van der Waals surface area contributed by atoms with Crippen LogP contribution in [0.5, 0.6) is 5.75 Å². The number of carbonyl (C=O) groups excluding carboxylic acids is 2. The van der Waals surface area contributed by atoms with Gasteiger partial charge in [0.1, 0.15) is 0 Å². The molecule has 0 aliphatic carbocycles. The number of Topliss-reactive ketones (excluding diaryl/α,β-unsaturated/α-hetero) is 1. The van der Waals surface area contributed by atoms with E-state index in [-0.39, 0.29) is 17.5 Å². The molecule has 0 saturated heterocycles.